The van der Waals surface area contributed by atoms with E-state index >= 15 is 0 Å². The lowest BCUT2D eigenvalue weighted by molar-refractivity contribution is -0.123. The van der Waals surface area contributed by atoms with E-state index < -0.39 is 0 Å². The van der Waals surface area contributed by atoms with E-state index in [4.69, 9.17) is 4.74 Å². The van der Waals surface area contributed by atoms with Gasteiger partial charge in [-0.15, -0.1) is 10.2 Å². The molecule has 6 heteroatoms. The van der Waals surface area contributed by atoms with Gasteiger partial charge in [-0.2, -0.15) is 0 Å². The fourth-order valence-corrected chi connectivity index (χ4v) is 4.66. The Balaban J connectivity index is 1.38. The Bertz CT molecular complexity index is 1090. The molecule has 1 saturated carbocycles. The number of ether oxygens (including phenoxy) is 1. The number of carbonyl (C=O) groups is 1. The molecular weight excluding hydrogens is 364 g/mol. The Morgan fingerprint density at radius 1 is 1.24 bits per heavy atom. The van der Waals surface area contributed by atoms with Crippen molar-refractivity contribution in [1.29, 1.82) is 0 Å². The van der Waals surface area contributed by atoms with Gasteiger partial charge in [0.05, 0.1) is 12.6 Å². The molecule has 0 radical (unpaired) electrons. The molecule has 6 nitrogen and oxygen atoms in total. The van der Waals surface area contributed by atoms with Gasteiger partial charge in [-0.05, 0) is 49.4 Å². The second-order valence-corrected chi connectivity index (χ2v) is 8.64. The number of pyridine rings is 1. The zero-order valence-corrected chi connectivity index (χ0v) is 17.1. The lowest BCUT2D eigenvalue weighted by atomic mass is 9.85. The third kappa shape index (κ3) is 2.89. The number of rotatable bonds is 4. The molecule has 1 aromatic carbocycles. The summed E-state index contributed by atoms with van der Waals surface area (Å²) >= 11 is 0. The largest absolute Gasteiger partial charge is 0.493 e. The average molecular weight is 390 g/mol. The van der Waals surface area contributed by atoms with E-state index in [1.54, 1.807) is 0 Å². The van der Waals surface area contributed by atoms with Gasteiger partial charge < -0.3 is 10.1 Å². The average Bonchev–Trinajstić information content (AvgIpc) is 3.27. The van der Waals surface area contributed by atoms with Crippen molar-refractivity contribution in [2.75, 3.05) is 6.61 Å². The van der Waals surface area contributed by atoms with E-state index in [2.05, 4.69) is 47.6 Å². The summed E-state index contributed by atoms with van der Waals surface area (Å²) in [7, 11) is 0. The van der Waals surface area contributed by atoms with Crippen molar-refractivity contribution in [3.63, 3.8) is 0 Å². The van der Waals surface area contributed by atoms with Crippen LogP contribution in [0.4, 0.5) is 0 Å². The van der Waals surface area contributed by atoms with Crippen LogP contribution < -0.4 is 10.1 Å². The van der Waals surface area contributed by atoms with Gasteiger partial charge in [0.2, 0.25) is 5.91 Å². The molecule has 1 aliphatic carbocycles. The van der Waals surface area contributed by atoms with Crippen LogP contribution in [0.15, 0.2) is 42.6 Å². The highest BCUT2D eigenvalue weighted by Gasteiger charge is 2.61. The number of benzene rings is 1. The summed E-state index contributed by atoms with van der Waals surface area (Å²) in [5.41, 5.74) is 3.19. The Kier molecular flexibility index (Phi) is 4.12. The number of hydrogen-bond donors (Lipinski definition) is 1. The number of nitrogens with one attached hydrogen (secondary N) is 1. The maximum atomic E-state index is 13.1. The van der Waals surface area contributed by atoms with Gasteiger partial charge in [-0.1, -0.05) is 32.0 Å². The van der Waals surface area contributed by atoms with Crippen LogP contribution in [0.1, 0.15) is 62.5 Å². The monoisotopic (exact) mass is 390 g/mol. The van der Waals surface area contributed by atoms with Crippen molar-refractivity contribution in [1.82, 2.24) is 19.9 Å². The molecule has 1 spiro atoms. The van der Waals surface area contributed by atoms with E-state index in [9.17, 15) is 4.79 Å². The number of fused-ring (bicyclic) bond motifs is 3. The summed E-state index contributed by atoms with van der Waals surface area (Å²) in [4.78, 5) is 13.1. The Morgan fingerprint density at radius 2 is 2.10 bits per heavy atom. The number of amides is 1. The van der Waals surface area contributed by atoms with Crippen molar-refractivity contribution >= 4 is 11.6 Å². The molecule has 0 saturated heterocycles. The van der Waals surface area contributed by atoms with E-state index in [-0.39, 0.29) is 23.3 Å². The highest BCUT2D eigenvalue weighted by Crippen LogP contribution is 2.61. The summed E-state index contributed by atoms with van der Waals surface area (Å²) in [6.45, 7) is 7.02. The molecule has 0 bridgehead atoms. The van der Waals surface area contributed by atoms with Gasteiger partial charge in [-0.25, -0.2) is 0 Å². The van der Waals surface area contributed by atoms with Crippen LogP contribution in [0.2, 0.25) is 0 Å². The Labute approximate surface area is 170 Å². The SMILES string of the molecule is CC(C)c1ccc2c(c1)[C@]1(CCO2)C[C@H]1C(=O)N[C@@H](C)c1nnc2ccccn12. The fourth-order valence-electron chi connectivity index (χ4n) is 4.66. The van der Waals surface area contributed by atoms with Crippen LogP contribution in [0.5, 0.6) is 5.75 Å². The molecule has 29 heavy (non-hydrogen) atoms. The van der Waals surface area contributed by atoms with Crippen LogP contribution >= 0.6 is 0 Å². The van der Waals surface area contributed by atoms with E-state index in [0.717, 1.165) is 30.1 Å². The van der Waals surface area contributed by atoms with E-state index in [0.29, 0.717) is 12.5 Å². The first kappa shape index (κ1) is 18.2. The summed E-state index contributed by atoms with van der Waals surface area (Å²) in [6, 6.07) is 12.0. The molecule has 2 aromatic heterocycles. The van der Waals surface area contributed by atoms with Gasteiger partial charge in [0, 0.05) is 23.1 Å². The third-order valence-corrected chi connectivity index (χ3v) is 6.49. The first-order valence-corrected chi connectivity index (χ1v) is 10.4. The molecule has 3 aromatic rings. The molecule has 1 N–H and O–H groups in total. The van der Waals surface area contributed by atoms with Gasteiger partial charge in [0.25, 0.3) is 0 Å². The highest BCUT2D eigenvalue weighted by atomic mass is 16.5. The van der Waals surface area contributed by atoms with Crippen LogP contribution in [0.25, 0.3) is 5.65 Å². The van der Waals surface area contributed by atoms with Crippen molar-refractivity contribution in [3.8, 4) is 5.75 Å². The number of nitrogens with zero attached hydrogens (tertiary/aromatic N) is 3. The normalized spacial score (nSPS) is 23.7. The highest BCUT2D eigenvalue weighted by molar-refractivity contribution is 5.85. The molecule has 1 aliphatic heterocycles. The Hall–Kier alpha value is -2.89. The molecule has 5 rings (SSSR count). The zero-order valence-electron chi connectivity index (χ0n) is 17.1. The van der Waals surface area contributed by atoms with Crippen LogP contribution in [0.3, 0.4) is 0 Å². The van der Waals surface area contributed by atoms with Crippen molar-refractivity contribution in [2.45, 2.75) is 51.0 Å². The predicted octanol–water partition coefficient (Wildman–Crippen LogP) is 3.77. The molecule has 3 atom stereocenters. The standard InChI is InChI=1S/C23H26N4O2/c1-14(2)16-7-8-19-17(12-16)23(9-11-29-19)13-18(23)22(28)24-15(3)21-26-25-20-6-4-5-10-27(20)21/h4-8,10,12,14-15,18H,9,11,13H2,1-3H3,(H,24,28)/t15-,18-,23-/m0/s1. The van der Waals surface area contributed by atoms with Crippen molar-refractivity contribution in [2.24, 2.45) is 5.92 Å². The first-order chi connectivity index (χ1) is 14.0. The zero-order chi connectivity index (χ0) is 20.2. The number of aromatic nitrogens is 3. The molecule has 1 fully saturated rings. The topological polar surface area (TPSA) is 68.5 Å². The van der Waals surface area contributed by atoms with Crippen molar-refractivity contribution < 1.29 is 9.53 Å². The molecule has 1 amide bonds. The van der Waals surface area contributed by atoms with Crippen molar-refractivity contribution in [3.05, 3.63) is 59.5 Å². The van der Waals surface area contributed by atoms with Gasteiger partial charge in [-0.3, -0.25) is 9.20 Å². The quantitative estimate of drug-likeness (QED) is 0.736. The molecule has 150 valence electrons. The minimum absolute atomic E-state index is 0.0193. The maximum absolute atomic E-state index is 13.1. The predicted molar refractivity (Wildman–Crippen MR) is 110 cm³/mol. The maximum Gasteiger partial charge on any atom is 0.224 e. The summed E-state index contributed by atoms with van der Waals surface area (Å²) in [5.74, 6) is 2.21. The van der Waals surface area contributed by atoms with Crippen LogP contribution in [-0.2, 0) is 10.2 Å². The van der Waals surface area contributed by atoms with Gasteiger partial charge >= 0.3 is 0 Å². The molecule has 2 aliphatic rings. The Morgan fingerprint density at radius 3 is 2.93 bits per heavy atom. The van der Waals surface area contributed by atoms with E-state index in [1.807, 2.05) is 35.7 Å². The minimum Gasteiger partial charge on any atom is -0.493 e. The first-order valence-electron chi connectivity index (χ1n) is 10.4. The molecule has 0 unspecified atom stereocenters. The summed E-state index contributed by atoms with van der Waals surface area (Å²) < 4.78 is 7.82. The van der Waals surface area contributed by atoms with Crippen LogP contribution in [0, 0.1) is 5.92 Å². The summed E-state index contributed by atoms with van der Waals surface area (Å²) in [6.07, 6.45) is 3.69. The lowest BCUT2D eigenvalue weighted by Crippen LogP contribution is -2.33. The molecular formula is C23H26N4O2. The smallest absolute Gasteiger partial charge is 0.224 e. The minimum atomic E-state index is -0.209. The fraction of sp³-hybridized carbons (Fsp3) is 0.435. The number of carbonyl (C=O) groups excluding carboxylic acids is 1. The second-order valence-electron chi connectivity index (χ2n) is 8.64. The molecule has 3 heterocycles. The second kappa shape index (κ2) is 6.58. The third-order valence-electron chi connectivity index (χ3n) is 6.49. The van der Waals surface area contributed by atoms with Gasteiger partial charge in [0.1, 0.15) is 5.75 Å². The van der Waals surface area contributed by atoms with Crippen LogP contribution in [-0.4, -0.2) is 27.1 Å². The van der Waals surface area contributed by atoms with E-state index in [1.165, 1.54) is 11.1 Å². The summed E-state index contributed by atoms with van der Waals surface area (Å²) in [5, 5.41) is 11.6. The lowest BCUT2D eigenvalue weighted by Gasteiger charge is -2.28. The van der Waals surface area contributed by atoms with Gasteiger partial charge in [0.15, 0.2) is 11.5 Å². The number of hydrogen-bond acceptors (Lipinski definition) is 4.